The SMILES string of the molecule is CNC(=O)C1CCCN1S(=O)(=O)c1ccc(Br)cc1F. The van der Waals surface area contributed by atoms with Gasteiger partial charge in [-0.3, -0.25) is 4.79 Å². The van der Waals surface area contributed by atoms with Crippen LogP contribution in [0.25, 0.3) is 0 Å². The average Bonchev–Trinajstić information content (AvgIpc) is 2.87. The van der Waals surface area contributed by atoms with Crippen LogP contribution in [0.4, 0.5) is 4.39 Å². The van der Waals surface area contributed by atoms with E-state index in [9.17, 15) is 17.6 Å². The molecule has 0 aliphatic carbocycles. The molecule has 1 N–H and O–H groups in total. The Morgan fingerprint density at radius 2 is 2.20 bits per heavy atom. The number of hydrogen-bond donors (Lipinski definition) is 1. The lowest BCUT2D eigenvalue weighted by molar-refractivity contribution is -0.123. The second-order valence-electron chi connectivity index (χ2n) is 4.46. The molecule has 1 aromatic rings. The summed E-state index contributed by atoms with van der Waals surface area (Å²) in [6, 6.07) is 2.99. The van der Waals surface area contributed by atoms with E-state index in [1.54, 1.807) is 0 Å². The summed E-state index contributed by atoms with van der Waals surface area (Å²) in [5.74, 6) is -1.20. The van der Waals surface area contributed by atoms with Gasteiger partial charge >= 0.3 is 0 Å². The van der Waals surface area contributed by atoms with E-state index in [0.717, 1.165) is 10.4 Å². The second-order valence-corrected chi connectivity index (χ2v) is 7.24. The number of rotatable bonds is 3. The van der Waals surface area contributed by atoms with Gasteiger partial charge in [-0.25, -0.2) is 12.8 Å². The molecule has 1 aliphatic rings. The van der Waals surface area contributed by atoms with Gasteiger partial charge in [-0.1, -0.05) is 15.9 Å². The highest BCUT2D eigenvalue weighted by Crippen LogP contribution is 2.28. The van der Waals surface area contributed by atoms with Crippen molar-refractivity contribution in [3.05, 3.63) is 28.5 Å². The number of carbonyl (C=O) groups is 1. The molecule has 0 radical (unpaired) electrons. The van der Waals surface area contributed by atoms with E-state index in [4.69, 9.17) is 0 Å². The van der Waals surface area contributed by atoms with Crippen LogP contribution in [0, 0.1) is 5.82 Å². The molecule has 0 saturated carbocycles. The van der Waals surface area contributed by atoms with Gasteiger partial charge in [0, 0.05) is 18.1 Å². The molecule has 0 bridgehead atoms. The standard InChI is InChI=1S/C12H14BrFN2O3S/c1-15-12(17)10-3-2-6-16(10)20(18,19)11-5-4-8(13)7-9(11)14/h4-5,7,10H,2-3,6H2,1H3,(H,15,17). The fourth-order valence-electron chi connectivity index (χ4n) is 2.27. The van der Waals surface area contributed by atoms with E-state index in [-0.39, 0.29) is 12.5 Å². The summed E-state index contributed by atoms with van der Waals surface area (Å²) in [7, 11) is -2.56. The fraction of sp³-hybridized carbons (Fsp3) is 0.417. The molecule has 1 aromatic carbocycles. The van der Waals surface area contributed by atoms with Gasteiger partial charge in [-0.05, 0) is 31.0 Å². The number of nitrogens with zero attached hydrogens (tertiary/aromatic N) is 1. The Morgan fingerprint density at radius 1 is 1.50 bits per heavy atom. The molecule has 8 heteroatoms. The molecule has 0 spiro atoms. The zero-order chi connectivity index (χ0) is 14.9. The van der Waals surface area contributed by atoms with E-state index in [1.807, 2.05) is 0 Å². The van der Waals surface area contributed by atoms with Crippen LogP contribution in [-0.2, 0) is 14.8 Å². The van der Waals surface area contributed by atoms with Crippen molar-refractivity contribution in [1.82, 2.24) is 9.62 Å². The van der Waals surface area contributed by atoms with Crippen LogP contribution in [0.15, 0.2) is 27.6 Å². The Hall–Kier alpha value is -0.990. The number of amides is 1. The molecule has 0 aromatic heterocycles. The van der Waals surface area contributed by atoms with E-state index < -0.39 is 26.8 Å². The monoisotopic (exact) mass is 364 g/mol. The summed E-state index contributed by atoms with van der Waals surface area (Å²) in [5, 5.41) is 2.44. The Bertz CT molecular complexity index is 636. The van der Waals surface area contributed by atoms with Gasteiger partial charge < -0.3 is 5.32 Å². The summed E-state index contributed by atoms with van der Waals surface area (Å²) in [5.41, 5.74) is 0. The topological polar surface area (TPSA) is 66.5 Å². The van der Waals surface area contributed by atoms with Crippen molar-refractivity contribution in [2.75, 3.05) is 13.6 Å². The molecule has 1 heterocycles. The van der Waals surface area contributed by atoms with Crippen LogP contribution in [0.5, 0.6) is 0 Å². The van der Waals surface area contributed by atoms with Crippen molar-refractivity contribution in [3.8, 4) is 0 Å². The molecule has 1 unspecified atom stereocenters. The molecule has 1 saturated heterocycles. The smallest absolute Gasteiger partial charge is 0.246 e. The molecule has 1 aliphatic heterocycles. The highest BCUT2D eigenvalue weighted by molar-refractivity contribution is 9.10. The lowest BCUT2D eigenvalue weighted by atomic mass is 10.2. The van der Waals surface area contributed by atoms with Crippen LogP contribution in [0.1, 0.15) is 12.8 Å². The third kappa shape index (κ3) is 2.72. The number of halogens is 2. The Morgan fingerprint density at radius 3 is 2.80 bits per heavy atom. The van der Waals surface area contributed by atoms with E-state index in [2.05, 4.69) is 21.2 Å². The lowest BCUT2D eigenvalue weighted by Gasteiger charge is -2.23. The number of nitrogens with one attached hydrogen (secondary N) is 1. The van der Waals surface area contributed by atoms with Gasteiger partial charge in [-0.2, -0.15) is 4.31 Å². The fourth-order valence-corrected chi connectivity index (χ4v) is 4.30. The first kappa shape index (κ1) is 15.4. The molecule has 5 nitrogen and oxygen atoms in total. The number of carbonyl (C=O) groups excluding carboxylic acids is 1. The summed E-state index contributed by atoms with van der Waals surface area (Å²) < 4.78 is 40.4. The molecule has 20 heavy (non-hydrogen) atoms. The van der Waals surface area contributed by atoms with Gasteiger partial charge in [0.05, 0.1) is 0 Å². The first-order valence-corrected chi connectivity index (χ1v) is 8.29. The lowest BCUT2D eigenvalue weighted by Crippen LogP contribution is -2.45. The van der Waals surface area contributed by atoms with Gasteiger partial charge in [0.1, 0.15) is 16.8 Å². The zero-order valence-corrected chi connectivity index (χ0v) is 13.2. The summed E-state index contributed by atoms with van der Waals surface area (Å²) >= 11 is 3.08. The zero-order valence-electron chi connectivity index (χ0n) is 10.8. The number of likely N-dealkylation sites (N-methyl/N-ethyl adjacent to an activating group) is 1. The molecule has 1 amide bonds. The quantitative estimate of drug-likeness (QED) is 0.883. The van der Waals surface area contributed by atoms with Crippen molar-refractivity contribution < 1.29 is 17.6 Å². The minimum Gasteiger partial charge on any atom is -0.358 e. The average molecular weight is 365 g/mol. The largest absolute Gasteiger partial charge is 0.358 e. The Kier molecular flexibility index (Phi) is 4.46. The maximum absolute atomic E-state index is 13.9. The number of sulfonamides is 1. The van der Waals surface area contributed by atoms with Crippen LogP contribution in [0.2, 0.25) is 0 Å². The van der Waals surface area contributed by atoms with E-state index in [0.29, 0.717) is 17.3 Å². The highest BCUT2D eigenvalue weighted by Gasteiger charge is 2.40. The van der Waals surface area contributed by atoms with Gasteiger partial charge in [0.25, 0.3) is 0 Å². The first-order chi connectivity index (χ1) is 9.37. The van der Waals surface area contributed by atoms with Crippen molar-refractivity contribution in [1.29, 1.82) is 0 Å². The minimum atomic E-state index is -4.01. The molecular formula is C12H14BrFN2O3S. The number of hydrogen-bond acceptors (Lipinski definition) is 3. The van der Waals surface area contributed by atoms with Crippen molar-refractivity contribution in [2.24, 2.45) is 0 Å². The van der Waals surface area contributed by atoms with Crippen molar-refractivity contribution in [3.63, 3.8) is 0 Å². The van der Waals surface area contributed by atoms with Gasteiger partial charge in [-0.15, -0.1) is 0 Å². The highest BCUT2D eigenvalue weighted by atomic mass is 79.9. The van der Waals surface area contributed by atoms with Crippen LogP contribution in [0.3, 0.4) is 0 Å². The molecule has 1 fully saturated rings. The first-order valence-electron chi connectivity index (χ1n) is 6.06. The summed E-state index contributed by atoms with van der Waals surface area (Å²) in [6.45, 7) is 0.218. The Balaban J connectivity index is 2.41. The van der Waals surface area contributed by atoms with E-state index >= 15 is 0 Å². The van der Waals surface area contributed by atoms with Crippen LogP contribution in [-0.4, -0.2) is 38.3 Å². The predicted octanol–water partition coefficient (Wildman–Crippen LogP) is 1.49. The minimum absolute atomic E-state index is 0.218. The number of benzene rings is 1. The van der Waals surface area contributed by atoms with Gasteiger partial charge in [0.15, 0.2) is 0 Å². The maximum atomic E-state index is 13.9. The molecular weight excluding hydrogens is 351 g/mol. The molecule has 1 atom stereocenters. The third-order valence-electron chi connectivity index (χ3n) is 3.23. The molecule has 110 valence electrons. The molecule has 2 rings (SSSR count). The van der Waals surface area contributed by atoms with Crippen molar-refractivity contribution in [2.45, 2.75) is 23.8 Å². The second kappa shape index (κ2) is 5.79. The normalized spacial score (nSPS) is 20.1. The van der Waals surface area contributed by atoms with Crippen molar-refractivity contribution >= 4 is 31.9 Å². The third-order valence-corrected chi connectivity index (χ3v) is 5.67. The summed E-state index contributed by atoms with van der Waals surface area (Å²) in [6.07, 6.45) is 1.02. The maximum Gasteiger partial charge on any atom is 0.246 e. The predicted molar refractivity (Wildman–Crippen MR) is 75.1 cm³/mol. The van der Waals surface area contributed by atoms with E-state index in [1.165, 1.54) is 19.2 Å². The van der Waals surface area contributed by atoms with Gasteiger partial charge in [0.2, 0.25) is 15.9 Å². The Labute approximate surface area is 125 Å². The summed E-state index contributed by atoms with van der Waals surface area (Å²) in [4.78, 5) is 11.3. The van der Waals surface area contributed by atoms with Crippen LogP contribution >= 0.6 is 15.9 Å². The van der Waals surface area contributed by atoms with Crippen LogP contribution < -0.4 is 5.32 Å².